The second-order valence-corrected chi connectivity index (χ2v) is 7.93. The molecule has 2 aromatic rings. The van der Waals surface area contributed by atoms with Gasteiger partial charge in [0, 0.05) is 31.6 Å². The number of aromatic nitrogens is 1. The number of carbonyl (C=O) groups excluding carboxylic acids is 1. The van der Waals surface area contributed by atoms with Gasteiger partial charge in [0.2, 0.25) is 0 Å². The SMILES string of the molecule is Cc1nc(C(=O)NCC(c2ccc(Cl)cc2)N2CCOC(C)(C)C2)c(C)o1. The first-order chi connectivity index (χ1) is 12.7. The van der Waals surface area contributed by atoms with Crippen LogP contribution in [0.15, 0.2) is 28.7 Å². The van der Waals surface area contributed by atoms with E-state index in [4.69, 9.17) is 20.8 Å². The Morgan fingerprint density at radius 2 is 2.04 bits per heavy atom. The van der Waals surface area contributed by atoms with Crippen molar-refractivity contribution in [2.45, 2.75) is 39.3 Å². The molecule has 1 aliphatic rings. The molecule has 0 radical (unpaired) electrons. The standard InChI is InChI=1S/C20H26ClN3O3/c1-13-18(23-14(2)27-13)19(25)22-11-17(15-5-7-16(21)8-6-15)24-9-10-26-20(3,4)12-24/h5-8,17H,9-12H2,1-4H3,(H,22,25). The number of rotatable bonds is 5. The maximum Gasteiger partial charge on any atom is 0.273 e. The van der Waals surface area contributed by atoms with Crippen molar-refractivity contribution in [3.05, 3.63) is 52.2 Å². The van der Waals surface area contributed by atoms with Crippen LogP contribution in [0.4, 0.5) is 0 Å². The predicted octanol–water partition coefficient (Wildman–Crippen LogP) is 3.53. The third-order valence-electron chi connectivity index (χ3n) is 4.73. The van der Waals surface area contributed by atoms with Gasteiger partial charge in [-0.3, -0.25) is 9.69 Å². The lowest BCUT2D eigenvalue weighted by molar-refractivity contribution is -0.0972. The number of hydrogen-bond acceptors (Lipinski definition) is 5. The van der Waals surface area contributed by atoms with Crippen LogP contribution in [0.1, 0.15) is 47.6 Å². The van der Waals surface area contributed by atoms with Crippen LogP contribution in [0.5, 0.6) is 0 Å². The quantitative estimate of drug-likeness (QED) is 0.844. The molecular formula is C20H26ClN3O3. The van der Waals surface area contributed by atoms with E-state index in [1.54, 1.807) is 13.8 Å². The molecule has 1 aromatic carbocycles. The Morgan fingerprint density at radius 1 is 1.33 bits per heavy atom. The van der Waals surface area contributed by atoms with Crippen molar-refractivity contribution in [2.24, 2.45) is 0 Å². The first-order valence-corrected chi connectivity index (χ1v) is 9.49. The minimum Gasteiger partial charge on any atom is -0.445 e. The third kappa shape index (κ3) is 4.89. The average Bonchev–Trinajstić information content (AvgIpc) is 2.94. The van der Waals surface area contributed by atoms with Crippen molar-refractivity contribution in [1.29, 1.82) is 0 Å². The molecule has 1 saturated heterocycles. The number of nitrogens with zero attached hydrogens (tertiary/aromatic N) is 2. The largest absolute Gasteiger partial charge is 0.445 e. The fraction of sp³-hybridized carbons (Fsp3) is 0.500. The molecule has 0 bridgehead atoms. The highest BCUT2D eigenvalue weighted by Crippen LogP contribution is 2.27. The van der Waals surface area contributed by atoms with E-state index in [0.29, 0.717) is 35.5 Å². The van der Waals surface area contributed by atoms with Gasteiger partial charge in [-0.25, -0.2) is 4.98 Å². The first kappa shape index (κ1) is 19.9. The molecule has 1 amide bonds. The summed E-state index contributed by atoms with van der Waals surface area (Å²) in [5, 5.41) is 3.71. The molecule has 146 valence electrons. The Morgan fingerprint density at radius 3 is 2.63 bits per heavy atom. The van der Waals surface area contributed by atoms with Gasteiger partial charge < -0.3 is 14.5 Å². The number of ether oxygens (including phenoxy) is 1. The number of benzene rings is 1. The van der Waals surface area contributed by atoms with Gasteiger partial charge >= 0.3 is 0 Å². The summed E-state index contributed by atoms with van der Waals surface area (Å²) in [5.41, 5.74) is 1.21. The van der Waals surface area contributed by atoms with Crippen molar-refractivity contribution in [3.63, 3.8) is 0 Å². The number of carbonyl (C=O) groups is 1. The van der Waals surface area contributed by atoms with E-state index >= 15 is 0 Å². The van der Waals surface area contributed by atoms with Crippen molar-refractivity contribution in [3.8, 4) is 0 Å². The summed E-state index contributed by atoms with van der Waals surface area (Å²) in [6, 6.07) is 7.79. The number of oxazole rings is 1. The summed E-state index contributed by atoms with van der Waals surface area (Å²) >= 11 is 6.05. The molecule has 6 nitrogen and oxygen atoms in total. The highest BCUT2D eigenvalue weighted by Gasteiger charge is 2.32. The number of aryl methyl sites for hydroxylation is 2. The molecule has 0 saturated carbocycles. The minimum atomic E-state index is -0.229. The van der Waals surface area contributed by atoms with Gasteiger partial charge in [-0.05, 0) is 38.5 Å². The van der Waals surface area contributed by atoms with Crippen LogP contribution in [0.3, 0.4) is 0 Å². The summed E-state index contributed by atoms with van der Waals surface area (Å²) < 4.78 is 11.2. The number of halogens is 1. The van der Waals surface area contributed by atoms with Gasteiger partial charge in [0.25, 0.3) is 5.91 Å². The van der Waals surface area contributed by atoms with Gasteiger partial charge in [-0.2, -0.15) is 0 Å². The number of nitrogens with one attached hydrogen (secondary N) is 1. The molecule has 0 spiro atoms. The summed E-state index contributed by atoms with van der Waals surface area (Å²) in [6.07, 6.45) is 0. The van der Waals surface area contributed by atoms with Crippen LogP contribution in [-0.4, -0.2) is 47.6 Å². The van der Waals surface area contributed by atoms with E-state index in [-0.39, 0.29) is 17.6 Å². The zero-order valence-electron chi connectivity index (χ0n) is 16.2. The van der Waals surface area contributed by atoms with Gasteiger partial charge in [-0.1, -0.05) is 23.7 Å². The molecule has 1 N–H and O–H groups in total. The van der Waals surface area contributed by atoms with Crippen LogP contribution in [0, 0.1) is 13.8 Å². The zero-order valence-corrected chi connectivity index (χ0v) is 17.0. The average molecular weight is 392 g/mol. The second kappa shape index (κ2) is 8.00. The van der Waals surface area contributed by atoms with E-state index in [9.17, 15) is 4.79 Å². The number of hydrogen-bond donors (Lipinski definition) is 1. The van der Waals surface area contributed by atoms with E-state index in [2.05, 4.69) is 29.0 Å². The first-order valence-electron chi connectivity index (χ1n) is 9.11. The topological polar surface area (TPSA) is 67.6 Å². The Bertz CT molecular complexity index is 801. The maximum absolute atomic E-state index is 12.6. The molecule has 3 rings (SSSR count). The Hall–Kier alpha value is -1.89. The van der Waals surface area contributed by atoms with Crippen molar-refractivity contribution >= 4 is 17.5 Å². The molecule has 1 atom stereocenters. The fourth-order valence-electron chi connectivity index (χ4n) is 3.47. The molecule has 27 heavy (non-hydrogen) atoms. The lowest BCUT2D eigenvalue weighted by atomic mass is 10.0. The van der Waals surface area contributed by atoms with Crippen LogP contribution in [0.2, 0.25) is 5.02 Å². The second-order valence-electron chi connectivity index (χ2n) is 7.49. The lowest BCUT2D eigenvalue weighted by Crippen LogP contribution is -2.51. The van der Waals surface area contributed by atoms with E-state index in [0.717, 1.165) is 18.7 Å². The molecule has 0 aliphatic carbocycles. The highest BCUT2D eigenvalue weighted by atomic mass is 35.5. The van der Waals surface area contributed by atoms with Crippen molar-refractivity contribution in [1.82, 2.24) is 15.2 Å². The van der Waals surface area contributed by atoms with Gasteiger partial charge in [0.1, 0.15) is 5.76 Å². The summed E-state index contributed by atoms with van der Waals surface area (Å²) in [7, 11) is 0. The third-order valence-corrected chi connectivity index (χ3v) is 4.98. The Kier molecular flexibility index (Phi) is 5.89. The molecule has 1 unspecified atom stereocenters. The molecule has 2 heterocycles. The van der Waals surface area contributed by atoms with Crippen molar-refractivity contribution < 1.29 is 13.9 Å². The zero-order chi connectivity index (χ0) is 19.6. The lowest BCUT2D eigenvalue weighted by Gasteiger charge is -2.42. The highest BCUT2D eigenvalue weighted by molar-refractivity contribution is 6.30. The molecule has 1 aliphatic heterocycles. The van der Waals surface area contributed by atoms with Gasteiger partial charge in [-0.15, -0.1) is 0 Å². The smallest absolute Gasteiger partial charge is 0.273 e. The van der Waals surface area contributed by atoms with Crippen LogP contribution in [-0.2, 0) is 4.74 Å². The molecule has 1 aromatic heterocycles. The Balaban J connectivity index is 1.78. The van der Waals surface area contributed by atoms with Crippen LogP contribution >= 0.6 is 11.6 Å². The summed E-state index contributed by atoms with van der Waals surface area (Å²) in [4.78, 5) is 19.1. The van der Waals surface area contributed by atoms with Gasteiger partial charge in [0.15, 0.2) is 11.6 Å². The van der Waals surface area contributed by atoms with Crippen molar-refractivity contribution in [2.75, 3.05) is 26.2 Å². The van der Waals surface area contributed by atoms with Crippen LogP contribution in [0.25, 0.3) is 0 Å². The number of amides is 1. The monoisotopic (exact) mass is 391 g/mol. The minimum absolute atomic E-state index is 0.0164. The van der Waals surface area contributed by atoms with E-state index in [1.807, 2.05) is 24.3 Å². The molecule has 1 fully saturated rings. The van der Waals surface area contributed by atoms with Crippen LogP contribution < -0.4 is 5.32 Å². The summed E-state index contributed by atoms with van der Waals surface area (Å²) in [6.45, 7) is 10.3. The maximum atomic E-state index is 12.6. The predicted molar refractivity (Wildman–Crippen MR) is 104 cm³/mol. The molecular weight excluding hydrogens is 366 g/mol. The van der Waals surface area contributed by atoms with Gasteiger partial charge in [0.05, 0.1) is 18.2 Å². The fourth-order valence-corrected chi connectivity index (χ4v) is 3.60. The number of morpholine rings is 1. The van der Waals surface area contributed by atoms with E-state index < -0.39 is 0 Å². The van der Waals surface area contributed by atoms with E-state index in [1.165, 1.54) is 0 Å². The molecule has 7 heteroatoms. The summed E-state index contributed by atoms with van der Waals surface area (Å²) in [5.74, 6) is 0.790. The Labute approximate surface area is 164 Å². The normalized spacial score (nSPS) is 18.3.